The smallest absolute Gasteiger partial charge is 0.346 e. The number of nitrogens with one attached hydrogen (secondary N) is 2. The summed E-state index contributed by atoms with van der Waals surface area (Å²) in [5, 5.41) is 3.36. The van der Waals surface area contributed by atoms with E-state index >= 15 is 0 Å². The van der Waals surface area contributed by atoms with E-state index in [-0.39, 0.29) is 30.5 Å². The minimum absolute atomic E-state index is 0.0671. The van der Waals surface area contributed by atoms with Gasteiger partial charge in [0.25, 0.3) is 5.91 Å². The summed E-state index contributed by atoms with van der Waals surface area (Å²) in [5.41, 5.74) is -3.75. The summed E-state index contributed by atoms with van der Waals surface area (Å²) < 4.78 is 81.8. The first-order valence-corrected chi connectivity index (χ1v) is 10.4. The zero-order valence-electron chi connectivity index (χ0n) is 15.4. The zero-order chi connectivity index (χ0) is 21.9. The SMILES string of the molecule is Cc1ncc(SNc2cc(C(F)(F)F)ccc2C(=O)NC23CC(C(F)(F)F)(C2)C3)s1. The first-order chi connectivity index (χ1) is 13.8. The van der Waals surface area contributed by atoms with Gasteiger partial charge in [-0.15, -0.1) is 11.3 Å². The average molecular weight is 467 g/mol. The third kappa shape index (κ3) is 3.64. The van der Waals surface area contributed by atoms with Gasteiger partial charge < -0.3 is 10.0 Å². The van der Waals surface area contributed by atoms with Crippen molar-refractivity contribution in [3.05, 3.63) is 40.5 Å². The van der Waals surface area contributed by atoms with Gasteiger partial charge >= 0.3 is 12.4 Å². The molecule has 12 heteroatoms. The zero-order valence-corrected chi connectivity index (χ0v) is 17.0. The summed E-state index contributed by atoms with van der Waals surface area (Å²) >= 11 is 2.33. The van der Waals surface area contributed by atoms with Gasteiger partial charge in [-0.2, -0.15) is 26.3 Å². The lowest BCUT2D eigenvalue weighted by Crippen LogP contribution is -2.78. The summed E-state index contributed by atoms with van der Waals surface area (Å²) in [5.74, 6) is -0.706. The maximum Gasteiger partial charge on any atom is 0.416 e. The Balaban J connectivity index is 1.52. The van der Waals surface area contributed by atoms with Crippen LogP contribution in [0.4, 0.5) is 32.0 Å². The second-order valence-corrected chi connectivity index (χ2v) is 10.0. The van der Waals surface area contributed by atoms with Crippen molar-refractivity contribution in [2.24, 2.45) is 5.41 Å². The third-order valence-corrected chi connectivity index (χ3v) is 7.30. The minimum Gasteiger partial charge on any atom is -0.346 e. The molecule has 2 N–H and O–H groups in total. The Hall–Kier alpha value is -1.95. The summed E-state index contributed by atoms with van der Waals surface area (Å²) in [6, 6.07) is 2.62. The van der Waals surface area contributed by atoms with Gasteiger partial charge in [0.15, 0.2) is 0 Å². The van der Waals surface area contributed by atoms with Crippen LogP contribution in [-0.2, 0) is 6.18 Å². The molecule has 162 valence electrons. The molecule has 1 heterocycles. The van der Waals surface area contributed by atoms with E-state index in [1.54, 1.807) is 13.1 Å². The molecule has 0 spiro atoms. The van der Waals surface area contributed by atoms with E-state index in [9.17, 15) is 31.1 Å². The summed E-state index contributed by atoms with van der Waals surface area (Å²) in [4.78, 5) is 16.7. The number of rotatable bonds is 5. The topological polar surface area (TPSA) is 54.0 Å². The van der Waals surface area contributed by atoms with Crippen molar-refractivity contribution >= 4 is 34.9 Å². The highest BCUT2D eigenvalue weighted by Crippen LogP contribution is 2.73. The molecular formula is C18H15F6N3OS2. The Morgan fingerprint density at radius 1 is 1.17 bits per heavy atom. The summed E-state index contributed by atoms with van der Waals surface area (Å²) in [7, 11) is 0. The molecule has 0 atom stereocenters. The van der Waals surface area contributed by atoms with E-state index < -0.39 is 34.8 Å². The lowest BCUT2D eigenvalue weighted by Gasteiger charge is -2.70. The lowest BCUT2D eigenvalue weighted by atomic mass is 9.39. The number of aromatic nitrogens is 1. The minimum atomic E-state index is -4.61. The molecular weight excluding hydrogens is 452 g/mol. The molecule has 2 bridgehead atoms. The normalized spacial score (nSPS) is 25.3. The van der Waals surface area contributed by atoms with Crippen LogP contribution in [0.15, 0.2) is 28.6 Å². The van der Waals surface area contributed by atoms with Crippen LogP contribution in [0.1, 0.15) is 40.2 Å². The Bertz CT molecular complexity index is 981. The molecule has 0 aliphatic heterocycles. The predicted octanol–water partition coefficient (Wildman–Crippen LogP) is 5.80. The number of alkyl halides is 6. The highest BCUT2D eigenvalue weighted by molar-refractivity contribution is 8.02. The maximum atomic E-state index is 13.1. The molecule has 4 nitrogen and oxygen atoms in total. The largest absolute Gasteiger partial charge is 0.416 e. The van der Waals surface area contributed by atoms with Crippen molar-refractivity contribution in [1.82, 2.24) is 10.3 Å². The Morgan fingerprint density at radius 3 is 2.37 bits per heavy atom. The van der Waals surface area contributed by atoms with Crippen molar-refractivity contribution in [3.8, 4) is 0 Å². The molecule has 5 rings (SSSR count). The van der Waals surface area contributed by atoms with Crippen LogP contribution >= 0.6 is 23.3 Å². The molecule has 1 aromatic heterocycles. The number of amides is 1. The number of benzene rings is 1. The molecule has 1 aromatic carbocycles. The molecule has 0 radical (unpaired) electrons. The third-order valence-electron chi connectivity index (χ3n) is 5.46. The van der Waals surface area contributed by atoms with Gasteiger partial charge in [0.1, 0.15) is 4.21 Å². The van der Waals surface area contributed by atoms with Crippen LogP contribution in [0, 0.1) is 12.3 Å². The van der Waals surface area contributed by atoms with E-state index in [1.165, 1.54) is 11.3 Å². The highest BCUT2D eigenvalue weighted by atomic mass is 32.2. The van der Waals surface area contributed by atoms with Crippen molar-refractivity contribution in [2.75, 3.05) is 4.72 Å². The highest BCUT2D eigenvalue weighted by Gasteiger charge is 2.79. The van der Waals surface area contributed by atoms with E-state index in [0.29, 0.717) is 4.21 Å². The maximum absolute atomic E-state index is 13.1. The van der Waals surface area contributed by atoms with Crippen molar-refractivity contribution in [2.45, 2.75) is 48.3 Å². The van der Waals surface area contributed by atoms with Crippen LogP contribution in [0.2, 0.25) is 0 Å². The fraction of sp³-hybridized carbons (Fsp3) is 0.444. The fourth-order valence-electron chi connectivity index (χ4n) is 4.03. The fourth-order valence-corrected chi connectivity index (χ4v) is 5.67. The number of nitrogens with zero attached hydrogens (tertiary/aromatic N) is 1. The molecule has 3 aliphatic rings. The predicted molar refractivity (Wildman–Crippen MR) is 100 cm³/mol. The number of halogens is 6. The monoisotopic (exact) mass is 467 g/mol. The molecule has 2 aromatic rings. The molecule has 0 saturated heterocycles. The molecule has 0 unspecified atom stereocenters. The molecule has 3 saturated carbocycles. The summed E-state index contributed by atoms with van der Waals surface area (Å²) in [6.07, 6.45) is -7.98. The van der Waals surface area contributed by atoms with Gasteiger partial charge in [-0.1, -0.05) is 0 Å². The summed E-state index contributed by atoms with van der Waals surface area (Å²) in [6.45, 7) is 1.77. The number of aryl methyl sites for hydroxylation is 1. The number of hydrogen-bond acceptors (Lipinski definition) is 5. The van der Waals surface area contributed by atoms with Crippen LogP contribution in [0.5, 0.6) is 0 Å². The molecule has 3 fully saturated rings. The first kappa shape index (κ1) is 21.3. The quantitative estimate of drug-likeness (QED) is 0.431. The Kier molecular flexibility index (Phi) is 4.81. The van der Waals surface area contributed by atoms with E-state index in [4.69, 9.17) is 0 Å². The van der Waals surface area contributed by atoms with Gasteiger partial charge in [0.2, 0.25) is 0 Å². The standard InChI is InChI=1S/C18H15F6N3OS2/c1-9-25-5-13(29-9)30-27-12-4-10(17(19,20)21)2-3-11(12)14(28)26-16-6-15(7-16,8-16)18(22,23)24/h2-5,27H,6-8H2,1H3,(H,26,28). The van der Waals surface area contributed by atoms with Crippen molar-refractivity contribution in [3.63, 3.8) is 0 Å². The number of carbonyl (C=O) groups excluding carboxylic acids is 1. The first-order valence-electron chi connectivity index (χ1n) is 8.78. The Morgan fingerprint density at radius 2 is 1.83 bits per heavy atom. The van der Waals surface area contributed by atoms with E-state index in [2.05, 4.69) is 15.0 Å². The van der Waals surface area contributed by atoms with Crippen LogP contribution in [-0.4, -0.2) is 22.6 Å². The Labute approximate surface area is 175 Å². The van der Waals surface area contributed by atoms with Crippen LogP contribution in [0.3, 0.4) is 0 Å². The van der Waals surface area contributed by atoms with Gasteiger partial charge in [0, 0.05) is 5.54 Å². The van der Waals surface area contributed by atoms with Gasteiger partial charge in [-0.05, 0) is 56.3 Å². The number of anilines is 1. The molecule has 3 aliphatic carbocycles. The second-order valence-electron chi connectivity index (χ2n) is 7.70. The van der Waals surface area contributed by atoms with Crippen LogP contribution in [0.25, 0.3) is 0 Å². The number of thiazole rings is 1. The van der Waals surface area contributed by atoms with Gasteiger partial charge in [-0.3, -0.25) is 4.79 Å². The second kappa shape index (κ2) is 6.78. The molecule has 30 heavy (non-hydrogen) atoms. The van der Waals surface area contributed by atoms with Crippen molar-refractivity contribution < 1.29 is 31.1 Å². The molecule has 1 amide bonds. The average Bonchev–Trinajstić information content (AvgIpc) is 2.97. The van der Waals surface area contributed by atoms with Gasteiger partial charge in [-0.25, -0.2) is 4.98 Å². The van der Waals surface area contributed by atoms with Gasteiger partial charge in [0.05, 0.1) is 33.4 Å². The van der Waals surface area contributed by atoms with E-state index in [0.717, 1.165) is 35.2 Å². The lowest BCUT2D eigenvalue weighted by molar-refractivity contribution is -0.336. The number of carbonyl (C=O) groups is 1. The van der Waals surface area contributed by atoms with Crippen LogP contribution < -0.4 is 10.0 Å². The van der Waals surface area contributed by atoms with Crippen molar-refractivity contribution in [1.29, 1.82) is 0 Å². The number of hydrogen-bond donors (Lipinski definition) is 2. The van der Waals surface area contributed by atoms with E-state index in [1.807, 2.05) is 0 Å².